The zero-order chi connectivity index (χ0) is 25.7. The van der Waals surface area contributed by atoms with Crippen molar-refractivity contribution in [3.05, 3.63) is 40.4 Å². The Morgan fingerprint density at radius 2 is 1.71 bits per heavy atom. The van der Waals surface area contributed by atoms with E-state index in [9.17, 15) is 9.59 Å². The van der Waals surface area contributed by atoms with E-state index in [1.54, 1.807) is 13.8 Å². The number of benzene rings is 1. The lowest BCUT2D eigenvalue weighted by atomic mass is 9.63. The van der Waals surface area contributed by atoms with Gasteiger partial charge < -0.3 is 18.9 Å². The summed E-state index contributed by atoms with van der Waals surface area (Å²) in [6.45, 7) is 10.2. The molecule has 1 saturated carbocycles. The fraction of sp³-hybridized carbons (Fsp3) is 0.643. The normalized spacial score (nSPS) is 26.5. The highest BCUT2D eigenvalue weighted by atomic mass is 79.9. The van der Waals surface area contributed by atoms with Crippen molar-refractivity contribution in [1.82, 2.24) is 0 Å². The molecule has 1 heterocycles. The molecule has 35 heavy (non-hydrogen) atoms. The Bertz CT molecular complexity index is 893. The Labute approximate surface area is 217 Å². The number of ether oxygens (including phenoxy) is 4. The molecule has 194 valence electrons. The summed E-state index contributed by atoms with van der Waals surface area (Å²) in [4.78, 5) is 26.9. The van der Waals surface area contributed by atoms with Gasteiger partial charge in [0.25, 0.3) is 0 Å². The second-order valence-electron chi connectivity index (χ2n) is 10.3. The zero-order valence-corrected chi connectivity index (χ0v) is 23.2. The van der Waals surface area contributed by atoms with Crippen molar-refractivity contribution < 1.29 is 28.5 Å². The molecule has 0 N–H and O–H groups in total. The minimum atomic E-state index is -1.61. The van der Waals surface area contributed by atoms with Crippen molar-refractivity contribution in [2.75, 3.05) is 13.2 Å². The van der Waals surface area contributed by atoms with Crippen LogP contribution in [0.4, 0.5) is 0 Å². The van der Waals surface area contributed by atoms with Crippen LogP contribution in [-0.2, 0) is 28.5 Å². The summed E-state index contributed by atoms with van der Waals surface area (Å²) in [6.07, 6.45) is 5.42. The molecule has 0 radical (unpaired) electrons. The van der Waals surface area contributed by atoms with Crippen molar-refractivity contribution in [2.24, 2.45) is 10.8 Å². The molecule has 2 aliphatic rings. The molecule has 1 aliphatic heterocycles. The lowest BCUT2D eigenvalue weighted by Crippen LogP contribution is -2.61. The van der Waals surface area contributed by atoms with Gasteiger partial charge in [-0.05, 0) is 56.7 Å². The third-order valence-electron chi connectivity index (χ3n) is 7.68. The van der Waals surface area contributed by atoms with Gasteiger partial charge in [0, 0.05) is 18.3 Å². The minimum Gasteiger partial charge on any atom is -0.465 e. The molecule has 0 aromatic heterocycles. The fourth-order valence-electron chi connectivity index (χ4n) is 5.33. The van der Waals surface area contributed by atoms with Gasteiger partial charge in [-0.2, -0.15) is 0 Å². The molecular weight excluding hydrogens is 512 g/mol. The van der Waals surface area contributed by atoms with Crippen LogP contribution in [0.5, 0.6) is 0 Å². The van der Waals surface area contributed by atoms with Crippen molar-refractivity contribution in [2.45, 2.75) is 91.1 Å². The van der Waals surface area contributed by atoms with E-state index in [4.69, 9.17) is 18.9 Å². The zero-order valence-electron chi connectivity index (χ0n) is 21.6. The van der Waals surface area contributed by atoms with Gasteiger partial charge in [-0.25, -0.2) is 0 Å². The van der Waals surface area contributed by atoms with Crippen LogP contribution in [0, 0.1) is 10.8 Å². The van der Waals surface area contributed by atoms with Gasteiger partial charge in [0.2, 0.25) is 0 Å². The molecule has 7 heteroatoms. The van der Waals surface area contributed by atoms with Crippen LogP contribution in [0.15, 0.2) is 34.8 Å². The third kappa shape index (κ3) is 6.00. The van der Waals surface area contributed by atoms with E-state index in [0.29, 0.717) is 4.48 Å². The van der Waals surface area contributed by atoms with Crippen LogP contribution < -0.4 is 0 Å². The molecular formula is C28H39BrO6. The number of carbonyl (C=O) groups excluding carboxylic acids is 2. The van der Waals surface area contributed by atoms with Gasteiger partial charge in [-0.1, -0.05) is 66.0 Å². The minimum absolute atomic E-state index is 0.00427. The molecule has 1 aromatic rings. The first-order valence-corrected chi connectivity index (χ1v) is 13.5. The lowest BCUT2D eigenvalue weighted by Gasteiger charge is -2.57. The van der Waals surface area contributed by atoms with Crippen LogP contribution >= 0.6 is 15.9 Å². The molecule has 3 rings (SSSR count). The summed E-state index contributed by atoms with van der Waals surface area (Å²) in [7, 11) is 0. The standard InChI is InChI=1S/C28H39BrO6/c1-6-32-24(30)28(25(31)33-7-2,18-21(29)17-20-13-9-8-10-14-20)19-23-34-22-15-11-12-16-27(22,5)26(3,4)35-23/h8-10,13-14,17,22-23H,6-7,11-12,15-16,18-19H2,1-5H3/b21-17+/t22-,23-,27-/m1/s1. The maximum absolute atomic E-state index is 13.5. The maximum Gasteiger partial charge on any atom is 0.324 e. The highest BCUT2D eigenvalue weighted by Crippen LogP contribution is 2.53. The van der Waals surface area contributed by atoms with Gasteiger partial charge in [-0.15, -0.1) is 0 Å². The Morgan fingerprint density at radius 3 is 2.31 bits per heavy atom. The summed E-state index contributed by atoms with van der Waals surface area (Å²) < 4.78 is 24.5. The molecule has 6 nitrogen and oxygen atoms in total. The summed E-state index contributed by atoms with van der Waals surface area (Å²) in [5.41, 5.74) is -1.27. The second kappa shape index (κ2) is 11.6. The number of hydrogen-bond donors (Lipinski definition) is 0. The van der Waals surface area contributed by atoms with Crippen LogP contribution in [-0.4, -0.2) is 43.1 Å². The van der Waals surface area contributed by atoms with Gasteiger partial charge in [-0.3, -0.25) is 9.59 Å². The number of hydrogen-bond acceptors (Lipinski definition) is 6. The van der Waals surface area contributed by atoms with Crippen molar-refractivity contribution in [3.63, 3.8) is 0 Å². The Kier molecular flexibility index (Phi) is 9.22. The highest BCUT2D eigenvalue weighted by Gasteiger charge is 2.58. The predicted octanol–water partition coefficient (Wildman–Crippen LogP) is 6.42. The van der Waals surface area contributed by atoms with Gasteiger partial charge >= 0.3 is 11.9 Å². The van der Waals surface area contributed by atoms with E-state index >= 15 is 0 Å². The molecule has 1 saturated heterocycles. The Morgan fingerprint density at radius 1 is 1.09 bits per heavy atom. The van der Waals surface area contributed by atoms with E-state index in [1.807, 2.05) is 36.4 Å². The number of allylic oxidation sites excluding steroid dienone is 1. The van der Waals surface area contributed by atoms with E-state index in [0.717, 1.165) is 31.2 Å². The molecule has 0 spiro atoms. The highest BCUT2D eigenvalue weighted by molar-refractivity contribution is 9.11. The topological polar surface area (TPSA) is 71.1 Å². The fourth-order valence-corrected chi connectivity index (χ4v) is 6.07. The monoisotopic (exact) mass is 550 g/mol. The Balaban J connectivity index is 1.97. The first kappa shape index (κ1) is 27.9. The van der Waals surface area contributed by atoms with Gasteiger partial charge in [0.1, 0.15) is 0 Å². The average molecular weight is 552 g/mol. The van der Waals surface area contributed by atoms with Crippen molar-refractivity contribution >= 4 is 33.9 Å². The quantitative estimate of drug-likeness (QED) is 0.261. The summed E-state index contributed by atoms with van der Waals surface area (Å²) >= 11 is 3.60. The summed E-state index contributed by atoms with van der Waals surface area (Å²) in [5, 5.41) is 0. The molecule has 0 unspecified atom stereocenters. The van der Waals surface area contributed by atoms with Crippen LogP contribution in [0.3, 0.4) is 0 Å². The smallest absolute Gasteiger partial charge is 0.324 e. The second-order valence-corrected chi connectivity index (χ2v) is 11.3. The lowest BCUT2D eigenvalue weighted by molar-refractivity contribution is -0.343. The molecule has 0 bridgehead atoms. The molecule has 1 aliphatic carbocycles. The first-order chi connectivity index (χ1) is 16.6. The van der Waals surface area contributed by atoms with Crippen molar-refractivity contribution in [1.29, 1.82) is 0 Å². The summed E-state index contributed by atoms with van der Waals surface area (Å²) in [5.74, 6) is -1.25. The van der Waals surface area contributed by atoms with Crippen LogP contribution in [0.1, 0.15) is 78.7 Å². The Hall–Kier alpha value is -1.70. The number of fused-ring (bicyclic) bond motifs is 1. The van der Waals surface area contributed by atoms with Crippen molar-refractivity contribution in [3.8, 4) is 0 Å². The largest absolute Gasteiger partial charge is 0.465 e. The van der Waals surface area contributed by atoms with Crippen LogP contribution in [0.2, 0.25) is 0 Å². The van der Waals surface area contributed by atoms with E-state index < -0.39 is 29.2 Å². The van der Waals surface area contributed by atoms with Gasteiger partial charge in [0.15, 0.2) is 11.7 Å². The number of carbonyl (C=O) groups is 2. The number of halogens is 1. The van der Waals surface area contributed by atoms with Crippen LogP contribution in [0.25, 0.3) is 6.08 Å². The summed E-state index contributed by atoms with van der Waals surface area (Å²) in [6, 6.07) is 9.71. The van der Waals surface area contributed by atoms with E-state index in [-0.39, 0.29) is 37.6 Å². The maximum atomic E-state index is 13.5. The molecule has 1 aromatic carbocycles. The van der Waals surface area contributed by atoms with E-state index in [1.165, 1.54) is 0 Å². The predicted molar refractivity (Wildman–Crippen MR) is 139 cm³/mol. The number of esters is 2. The first-order valence-electron chi connectivity index (χ1n) is 12.7. The molecule has 2 fully saturated rings. The van der Waals surface area contributed by atoms with Gasteiger partial charge in [0.05, 0.1) is 24.9 Å². The third-order valence-corrected chi connectivity index (χ3v) is 8.19. The SMILES string of the molecule is CCOC(=O)C(C/C(Br)=C\c1ccccc1)(C[C@@H]1O[C@@H]2CCCC[C@@]2(C)C(C)(C)O1)C(=O)OCC. The van der Waals surface area contributed by atoms with E-state index in [2.05, 4.69) is 36.7 Å². The molecule has 0 amide bonds. The molecule has 3 atom stereocenters. The number of rotatable bonds is 9. The average Bonchev–Trinajstić information content (AvgIpc) is 2.80.